The molecule has 1 amide bonds. The molecule has 1 aromatic heterocycles. The highest BCUT2D eigenvalue weighted by molar-refractivity contribution is 5.67. The Balaban J connectivity index is 2.84. The van der Waals surface area contributed by atoms with Gasteiger partial charge in [0.15, 0.2) is 0 Å². The lowest BCUT2D eigenvalue weighted by atomic mass is 10.2. The molecule has 6 heteroatoms. The number of hydrogen-bond donors (Lipinski definition) is 0. The van der Waals surface area contributed by atoms with E-state index >= 15 is 0 Å². The third-order valence-electron chi connectivity index (χ3n) is 3.56. The standard InChI is InChI=1S/C18H24N4O2/c1-7-10-22(11-8-2)12-16-14(4)20-17(15(5)19-16)13-24-18(23)21(6)9-3/h1-2H,9-13H2,3-6H3. The van der Waals surface area contributed by atoms with Crippen LogP contribution >= 0.6 is 0 Å². The molecule has 24 heavy (non-hydrogen) atoms. The summed E-state index contributed by atoms with van der Waals surface area (Å²) in [6, 6.07) is 0. The summed E-state index contributed by atoms with van der Waals surface area (Å²) < 4.78 is 5.24. The molecule has 0 aliphatic rings. The van der Waals surface area contributed by atoms with Crippen LogP contribution in [0.4, 0.5) is 4.79 Å². The average Bonchev–Trinajstić information content (AvgIpc) is 2.55. The van der Waals surface area contributed by atoms with Gasteiger partial charge in [0.25, 0.3) is 0 Å². The molecule has 1 heterocycles. The number of carbonyl (C=O) groups is 1. The zero-order valence-corrected chi connectivity index (χ0v) is 14.8. The van der Waals surface area contributed by atoms with E-state index in [-0.39, 0.29) is 12.7 Å². The first-order valence-electron chi connectivity index (χ1n) is 7.73. The Morgan fingerprint density at radius 2 is 1.67 bits per heavy atom. The maximum atomic E-state index is 11.7. The summed E-state index contributed by atoms with van der Waals surface area (Å²) >= 11 is 0. The van der Waals surface area contributed by atoms with E-state index in [1.54, 1.807) is 7.05 Å². The molecule has 0 spiro atoms. The van der Waals surface area contributed by atoms with Crippen molar-refractivity contribution in [1.29, 1.82) is 0 Å². The Labute approximate surface area is 144 Å². The zero-order valence-electron chi connectivity index (χ0n) is 14.8. The lowest BCUT2D eigenvalue weighted by Crippen LogP contribution is -2.27. The van der Waals surface area contributed by atoms with Gasteiger partial charge in [-0.3, -0.25) is 14.9 Å². The van der Waals surface area contributed by atoms with Crippen LogP contribution in [0.3, 0.4) is 0 Å². The number of hydrogen-bond acceptors (Lipinski definition) is 5. The van der Waals surface area contributed by atoms with Crippen molar-refractivity contribution in [2.75, 3.05) is 26.7 Å². The quantitative estimate of drug-likeness (QED) is 0.714. The first-order valence-corrected chi connectivity index (χ1v) is 7.73. The lowest BCUT2D eigenvalue weighted by molar-refractivity contribution is 0.105. The molecule has 0 atom stereocenters. The molecule has 0 aliphatic carbocycles. The van der Waals surface area contributed by atoms with E-state index < -0.39 is 0 Å². The minimum atomic E-state index is -0.380. The normalized spacial score (nSPS) is 10.1. The lowest BCUT2D eigenvalue weighted by Gasteiger charge is -2.19. The van der Waals surface area contributed by atoms with Gasteiger partial charge in [0, 0.05) is 20.1 Å². The third kappa shape index (κ3) is 5.57. The van der Waals surface area contributed by atoms with Crippen molar-refractivity contribution in [2.24, 2.45) is 0 Å². The number of amides is 1. The van der Waals surface area contributed by atoms with Crippen LogP contribution in [-0.2, 0) is 17.9 Å². The summed E-state index contributed by atoms with van der Waals surface area (Å²) in [6.45, 7) is 7.71. The van der Waals surface area contributed by atoms with Crippen LogP contribution in [0.2, 0.25) is 0 Å². The molecule has 0 saturated carbocycles. The first-order chi connectivity index (χ1) is 11.4. The summed E-state index contributed by atoms with van der Waals surface area (Å²) in [5.41, 5.74) is 2.96. The van der Waals surface area contributed by atoms with Crippen molar-refractivity contribution in [3.05, 3.63) is 22.8 Å². The van der Waals surface area contributed by atoms with Crippen LogP contribution in [0.25, 0.3) is 0 Å². The SMILES string of the molecule is C#CCN(CC#C)Cc1nc(C)c(COC(=O)N(C)CC)nc1C. The largest absolute Gasteiger partial charge is 0.443 e. The Bertz CT molecular complexity index is 642. The van der Waals surface area contributed by atoms with Gasteiger partial charge in [-0.15, -0.1) is 12.8 Å². The number of carbonyl (C=O) groups excluding carboxylic acids is 1. The van der Waals surface area contributed by atoms with Gasteiger partial charge >= 0.3 is 6.09 Å². The van der Waals surface area contributed by atoms with E-state index in [4.69, 9.17) is 17.6 Å². The van der Waals surface area contributed by atoms with Crippen LogP contribution in [-0.4, -0.2) is 52.5 Å². The van der Waals surface area contributed by atoms with Gasteiger partial charge in [0.1, 0.15) is 6.61 Å². The van der Waals surface area contributed by atoms with E-state index in [9.17, 15) is 4.79 Å². The van der Waals surface area contributed by atoms with Crippen molar-refractivity contribution >= 4 is 6.09 Å². The molecular formula is C18H24N4O2. The van der Waals surface area contributed by atoms with Crippen molar-refractivity contribution in [3.63, 3.8) is 0 Å². The Kier molecular flexibility index (Phi) is 7.74. The monoisotopic (exact) mass is 328 g/mol. The molecule has 0 fully saturated rings. The van der Waals surface area contributed by atoms with Gasteiger partial charge in [0.05, 0.1) is 35.9 Å². The second-order valence-corrected chi connectivity index (χ2v) is 5.41. The fraction of sp³-hybridized carbons (Fsp3) is 0.500. The highest BCUT2D eigenvalue weighted by atomic mass is 16.6. The summed E-state index contributed by atoms with van der Waals surface area (Å²) in [5.74, 6) is 5.17. The highest BCUT2D eigenvalue weighted by Crippen LogP contribution is 2.12. The molecular weight excluding hydrogens is 304 g/mol. The van der Waals surface area contributed by atoms with Crippen molar-refractivity contribution in [2.45, 2.75) is 33.9 Å². The molecule has 0 unspecified atom stereocenters. The molecule has 0 N–H and O–H groups in total. The van der Waals surface area contributed by atoms with Crippen LogP contribution < -0.4 is 0 Å². The van der Waals surface area contributed by atoms with E-state index in [2.05, 4.69) is 21.8 Å². The number of nitrogens with zero attached hydrogens (tertiary/aromatic N) is 4. The van der Waals surface area contributed by atoms with Gasteiger partial charge in [-0.1, -0.05) is 11.8 Å². The maximum Gasteiger partial charge on any atom is 0.409 e. The topological polar surface area (TPSA) is 58.6 Å². The van der Waals surface area contributed by atoms with Gasteiger partial charge in [-0.05, 0) is 20.8 Å². The number of aryl methyl sites for hydroxylation is 2. The van der Waals surface area contributed by atoms with Crippen molar-refractivity contribution < 1.29 is 9.53 Å². The molecule has 6 nitrogen and oxygen atoms in total. The van der Waals surface area contributed by atoms with Crippen LogP contribution in [0.5, 0.6) is 0 Å². The number of aromatic nitrogens is 2. The summed E-state index contributed by atoms with van der Waals surface area (Å²) in [5, 5.41) is 0. The van der Waals surface area contributed by atoms with Crippen LogP contribution in [0.15, 0.2) is 0 Å². The highest BCUT2D eigenvalue weighted by Gasteiger charge is 2.14. The molecule has 0 aliphatic heterocycles. The summed E-state index contributed by atoms with van der Waals surface area (Å²) in [4.78, 5) is 24.2. The first kappa shape index (κ1) is 19.5. The molecule has 0 saturated heterocycles. The predicted molar refractivity (Wildman–Crippen MR) is 92.9 cm³/mol. The Morgan fingerprint density at radius 3 is 2.21 bits per heavy atom. The number of terminal acetylenes is 2. The molecule has 1 rings (SSSR count). The fourth-order valence-corrected chi connectivity index (χ4v) is 1.99. The smallest absolute Gasteiger partial charge is 0.409 e. The van der Waals surface area contributed by atoms with Crippen molar-refractivity contribution in [3.8, 4) is 24.7 Å². The number of rotatable bonds is 7. The van der Waals surface area contributed by atoms with Gasteiger partial charge in [-0.2, -0.15) is 0 Å². The molecule has 128 valence electrons. The van der Waals surface area contributed by atoms with Crippen LogP contribution in [0.1, 0.15) is 29.7 Å². The van der Waals surface area contributed by atoms with Crippen molar-refractivity contribution in [1.82, 2.24) is 19.8 Å². The summed E-state index contributed by atoms with van der Waals surface area (Å²) in [7, 11) is 1.68. The van der Waals surface area contributed by atoms with E-state index in [1.807, 2.05) is 25.7 Å². The van der Waals surface area contributed by atoms with E-state index in [1.165, 1.54) is 4.90 Å². The fourth-order valence-electron chi connectivity index (χ4n) is 1.99. The Morgan fingerprint density at radius 1 is 1.12 bits per heavy atom. The van der Waals surface area contributed by atoms with E-state index in [0.717, 1.165) is 17.1 Å². The average molecular weight is 328 g/mol. The molecule has 0 bridgehead atoms. The van der Waals surface area contributed by atoms with Gasteiger partial charge in [0.2, 0.25) is 0 Å². The minimum Gasteiger partial charge on any atom is -0.443 e. The zero-order chi connectivity index (χ0) is 18.1. The minimum absolute atomic E-state index is 0.0988. The van der Waals surface area contributed by atoms with Crippen LogP contribution in [0, 0.1) is 38.5 Å². The van der Waals surface area contributed by atoms with Gasteiger partial charge < -0.3 is 9.64 Å². The van der Waals surface area contributed by atoms with E-state index in [0.29, 0.717) is 31.9 Å². The Hall–Kier alpha value is -2.57. The molecule has 0 radical (unpaired) electrons. The molecule has 1 aromatic rings. The third-order valence-corrected chi connectivity index (χ3v) is 3.56. The predicted octanol–water partition coefficient (Wildman–Crippen LogP) is 1.75. The number of ether oxygens (including phenoxy) is 1. The second-order valence-electron chi connectivity index (χ2n) is 5.41. The maximum absolute atomic E-state index is 11.7. The molecule has 0 aromatic carbocycles. The summed E-state index contributed by atoms with van der Waals surface area (Å²) in [6.07, 6.45) is 10.3. The van der Waals surface area contributed by atoms with Gasteiger partial charge in [-0.25, -0.2) is 4.79 Å². The second kappa shape index (κ2) is 9.54.